The summed E-state index contributed by atoms with van der Waals surface area (Å²) in [6.45, 7) is 2.96. The lowest BCUT2D eigenvalue weighted by Crippen LogP contribution is -1.99. The van der Waals surface area contributed by atoms with Gasteiger partial charge in [0, 0.05) is 5.56 Å². The minimum atomic E-state index is 0.321. The van der Waals surface area contributed by atoms with Gasteiger partial charge in [0.15, 0.2) is 11.5 Å². The van der Waals surface area contributed by atoms with Crippen LogP contribution in [-0.2, 0) is 11.3 Å². The maximum absolute atomic E-state index is 5.32. The molecule has 0 fully saturated rings. The van der Waals surface area contributed by atoms with E-state index >= 15 is 0 Å². The summed E-state index contributed by atoms with van der Waals surface area (Å²) in [5, 5.41) is 0. The highest BCUT2D eigenvalue weighted by Crippen LogP contribution is 2.38. The van der Waals surface area contributed by atoms with Crippen molar-refractivity contribution in [3.05, 3.63) is 29.5 Å². The van der Waals surface area contributed by atoms with Gasteiger partial charge in [-0.15, -0.1) is 0 Å². The lowest BCUT2D eigenvalue weighted by molar-refractivity contribution is 0.173. The Balaban J connectivity index is 2.19. The summed E-state index contributed by atoms with van der Waals surface area (Å²) in [4.78, 5) is 0. The van der Waals surface area contributed by atoms with Gasteiger partial charge in [-0.1, -0.05) is 0 Å². The molecule has 0 unspecified atom stereocenters. The maximum Gasteiger partial charge on any atom is 0.231 e. The molecule has 0 saturated heterocycles. The van der Waals surface area contributed by atoms with Crippen LogP contribution in [0.1, 0.15) is 18.1 Å². The van der Waals surface area contributed by atoms with Crippen LogP contribution in [0.5, 0.6) is 11.5 Å². The summed E-state index contributed by atoms with van der Waals surface area (Å²) < 4.78 is 15.9. The minimum Gasteiger partial charge on any atom is -0.496 e. The Labute approximate surface area is 81.9 Å². The van der Waals surface area contributed by atoms with Crippen LogP contribution in [0.4, 0.5) is 0 Å². The summed E-state index contributed by atoms with van der Waals surface area (Å²) in [5.41, 5.74) is 3.49. The van der Waals surface area contributed by atoms with E-state index in [1.165, 1.54) is 5.56 Å². The molecule has 0 spiro atoms. The number of rotatable bonds is 0. The predicted octanol–water partition coefficient (Wildman–Crippen LogP) is 2.31. The van der Waals surface area contributed by atoms with E-state index in [0.717, 1.165) is 22.6 Å². The fourth-order valence-corrected chi connectivity index (χ4v) is 1.79. The van der Waals surface area contributed by atoms with E-state index in [1.807, 2.05) is 19.1 Å². The Morgan fingerprint density at radius 1 is 1.14 bits per heavy atom. The minimum absolute atomic E-state index is 0.321. The summed E-state index contributed by atoms with van der Waals surface area (Å²) >= 11 is 0. The van der Waals surface area contributed by atoms with Gasteiger partial charge in [0.1, 0.15) is 6.61 Å². The lowest BCUT2D eigenvalue weighted by Gasteiger charge is -2.16. The normalized spacial score (nSPS) is 17.1. The molecule has 0 radical (unpaired) electrons. The topological polar surface area (TPSA) is 27.7 Å². The third-order valence-electron chi connectivity index (χ3n) is 2.52. The van der Waals surface area contributed by atoms with Crippen LogP contribution < -0.4 is 9.47 Å². The molecule has 2 aliphatic heterocycles. The molecule has 0 aromatic heterocycles. The van der Waals surface area contributed by atoms with E-state index in [2.05, 4.69) is 0 Å². The molecule has 1 aromatic rings. The number of benzene rings is 1. The summed E-state index contributed by atoms with van der Waals surface area (Å²) in [6.07, 6.45) is 1.78. The molecular weight excluding hydrogens is 180 g/mol. The van der Waals surface area contributed by atoms with E-state index in [1.54, 1.807) is 6.26 Å². The van der Waals surface area contributed by atoms with Gasteiger partial charge in [0.25, 0.3) is 0 Å². The van der Waals surface area contributed by atoms with Gasteiger partial charge < -0.3 is 14.2 Å². The van der Waals surface area contributed by atoms with E-state index in [9.17, 15) is 0 Å². The molecule has 3 heteroatoms. The Morgan fingerprint density at radius 3 is 2.79 bits per heavy atom. The molecule has 0 amide bonds. The van der Waals surface area contributed by atoms with Crippen molar-refractivity contribution in [2.24, 2.45) is 0 Å². The average Bonchev–Trinajstić information content (AvgIpc) is 2.62. The van der Waals surface area contributed by atoms with Crippen LogP contribution in [-0.4, -0.2) is 6.79 Å². The molecule has 2 aliphatic rings. The third-order valence-corrected chi connectivity index (χ3v) is 2.52. The summed E-state index contributed by atoms with van der Waals surface area (Å²) in [5.74, 6) is 1.65. The van der Waals surface area contributed by atoms with Crippen molar-refractivity contribution < 1.29 is 14.2 Å². The first-order valence-electron chi connectivity index (χ1n) is 4.56. The Bertz CT molecular complexity index is 421. The first kappa shape index (κ1) is 7.74. The molecule has 3 rings (SSSR count). The van der Waals surface area contributed by atoms with Gasteiger partial charge in [-0.25, -0.2) is 0 Å². The predicted molar refractivity (Wildman–Crippen MR) is 51.0 cm³/mol. The quantitative estimate of drug-likeness (QED) is 0.628. The van der Waals surface area contributed by atoms with Gasteiger partial charge >= 0.3 is 0 Å². The molecule has 0 atom stereocenters. The molecule has 14 heavy (non-hydrogen) atoms. The summed E-state index contributed by atoms with van der Waals surface area (Å²) in [7, 11) is 0. The highest BCUT2D eigenvalue weighted by molar-refractivity contribution is 5.70. The zero-order valence-corrected chi connectivity index (χ0v) is 7.87. The maximum atomic E-state index is 5.32. The second-order valence-electron chi connectivity index (χ2n) is 3.47. The zero-order chi connectivity index (χ0) is 9.54. The van der Waals surface area contributed by atoms with Crippen LogP contribution >= 0.6 is 0 Å². The average molecular weight is 190 g/mol. The van der Waals surface area contributed by atoms with Crippen LogP contribution in [0.25, 0.3) is 5.57 Å². The van der Waals surface area contributed by atoms with Crippen molar-refractivity contribution in [1.29, 1.82) is 0 Å². The number of fused-ring (bicyclic) bond motifs is 2. The second-order valence-corrected chi connectivity index (χ2v) is 3.47. The van der Waals surface area contributed by atoms with E-state index in [4.69, 9.17) is 14.2 Å². The second kappa shape index (κ2) is 2.67. The smallest absolute Gasteiger partial charge is 0.231 e. The number of hydrogen-bond donors (Lipinski definition) is 0. The molecule has 1 aromatic carbocycles. The standard InChI is InChI=1S/C11H10O3/c1-7-4-12-5-8-2-10-11(3-9(7)8)14-6-13-10/h2-4H,5-6H2,1H3. The first-order chi connectivity index (χ1) is 6.84. The van der Waals surface area contributed by atoms with Crippen LogP contribution in [0.2, 0.25) is 0 Å². The Hall–Kier alpha value is -1.64. The molecular formula is C11H10O3. The fraction of sp³-hybridized carbons (Fsp3) is 0.273. The van der Waals surface area contributed by atoms with Crippen molar-refractivity contribution >= 4 is 5.57 Å². The van der Waals surface area contributed by atoms with Crippen molar-refractivity contribution in [2.75, 3.05) is 6.79 Å². The largest absolute Gasteiger partial charge is 0.496 e. The van der Waals surface area contributed by atoms with Crippen LogP contribution in [0, 0.1) is 0 Å². The van der Waals surface area contributed by atoms with Gasteiger partial charge in [0.2, 0.25) is 6.79 Å². The lowest BCUT2D eigenvalue weighted by atomic mass is 10.00. The van der Waals surface area contributed by atoms with Crippen LogP contribution in [0.3, 0.4) is 0 Å². The Morgan fingerprint density at radius 2 is 1.93 bits per heavy atom. The fourth-order valence-electron chi connectivity index (χ4n) is 1.79. The Kier molecular flexibility index (Phi) is 1.48. The highest BCUT2D eigenvalue weighted by atomic mass is 16.7. The first-order valence-corrected chi connectivity index (χ1v) is 4.56. The third kappa shape index (κ3) is 0.985. The molecule has 3 nitrogen and oxygen atoms in total. The summed E-state index contributed by atoms with van der Waals surface area (Å²) in [6, 6.07) is 4.01. The molecule has 0 aliphatic carbocycles. The monoisotopic (exact) mass is 190 g/mol. The molecule has 2 heterocycles. The van der Waals surface area contributed by atoms with Gasteiger partial charge in [0.05, 0.1) is 6.26 Å². The van der Waals surface area contributed by atoms with Crippen molar-refractivity contribution in [1.82, 2.24) is 0 Å². The highest BCUT2D eigenvalue weighted by Gasteiger charge is 2.19. The SMILES string of the molecule is CC1=COCc2cc3c(cc21)OCO3. The zero-order valence-electron chi connectivity index (χ0n) is 7.87. The van der Waals surface area contributed by atoms with Crippen molar-refractivity contribution in [2.45, 2.75) is 13.5 Å². The van der Waals surface area contributed by atoms with E-state index < -0.39 is 0 Å². The van der Waals surface area contributed by atoms with Crippen molar-refractivity contribution in [3.63, 3.8) is 0 Å². The molecule has 0 bridgehead atoms. The van der Waals surface area contributed by atoms with Gasteiger partial charge in [-0.05, 0) is 30.2 Å². The molecule has 0 N–H and O–H groups in total. The number of allylic oxidation sites excluding steroid dienone is 1. The number of ether oxygens (including phenoxy) is 3. The van der Waals surface area contributed by atoms with E-state index in [-0.39, 0.29) is 0 Å². The van der Waals surface area contributed by atoms with Gasteiger partial charge in [-0.3, -0.25) is 0 Å². The van der Waals surface area contributed by atoms with E-state index in [0.29, 0.717) is 13.4 Å². The number of hydrogen-bond acceptors (Lipinski definition) is 3. The van der Waals surface area contributed by atoms with Crippen LogP contribution in [0.15, 0.2) is 18.4 Å². The molecule has 72 valence electrons. The molecule has 0 saturated carbocycles. The van der Waals surface area contributed by atoms with Gasteiger partial charge in [-0.2, -0.15) is 0 Å². The van der Waals surface area contributed by atoms with Crippen molar-refractivity contribution in [3.8, 4) is 11.5 Å².